The third-order valence-electron chi connectivity index (χ3n) is 7.61. The minimum Gasteiger partial charge on any atom is -0.494 e. The second-order valence-corrected chi connectivity index (χ2v) is 9.11. The largest absolute Gasteiger partial charge is 0.494 e. The Balaban J connectivity index is 1.53. The van der Waals surface area contributed by atoms with Crippen LogP contribution in [0.3, 0.4) is 0 Å². The zero-order chi connectivity index (χ0) is 18.1. The lowest BCUT2D eigenvalue weighted by Gasteiger charge is -2.50. The predicted octanol–water partition coefficient (Wildman–Crippen LogP) is 6.13. The fraction of sp³-hybridized carbons (Fsp3) is 0.750. The van der Waals surface area contributed by atoms with Gasteiger partial charge in [0.1, 0.15) is 5.75 Å². The second kappa shape index (κ2) is 7.54. The number of fused-ring (bicyclic) bond motifs is 5. The van der Waals surface area contributed by atoms with E-state index in [2.05, 4.69) is 39.0 Å². The maximum atomic E-state index is 6.31. The lowest BCUT2D eigenvalue weighted by atomic mass is 9.55. The van der Waals surface area contributed by atoms with Gasteiger partial charge in [-0.3, -0.25) is 0 Å². The molecule has 0 bridgehead atoms. The van der Waals surface area contributed by atoms with Crippen molar-refractivity contribution < 1.29 is 9.47 Å². The van der Waals surface area contributed by atoms with Crippen LogP contribution in [0.1, 0.15) is 82.8 Å². The molecular formula is C24H36O2. The Kier molecular flexibility index (Phi) is 5.32. The van der Waals surface area contributed by atoms with Gasteiger partial charge in [-0.15, -0.1) is 0 Å². The molecule has 0 aromatic heterocycles. The fourth-order valence-corrected chi connectivity index (χ4v) is 6.35. The summed E-state index contributed by atoms with van der Waals surface area (Å²) < 4.78 is 12.2. The first-order valence-electron chi connectivity index (χ1n) is 11.0. The first kappa shape index (κ1) is 18.3. The third-order valence-corrected chi connectivity index (χ3v) is 7.61. The van der Waals surface area contributed by atoms with Crippen LogP contribution in [0.25, 0.3) is 0 Å². The minimum absolute atomic E-state index is 0.415. The molecule has 2 saturated carbocycles. The van der Waals surface area contributed by atoms with Gasteiger partial charge in [0.15, 0.2) is 0 Å². The zero-order valence-electron chi connectivity index (χ0n) is 16.9. The topological polar surface area (TPSA) is 18.5 Å². The lowest BCUT2D eigenvalue weighted by molar-refractivity contribution is -0.0636. The van der Waals surface area contributed by atoms with Crippen LogP contribution in [0.15, 0.2) is 18.2 Å². The molecule has 0 amide bonds. The average molecular weight is 357 g/mol. The second-order valence-electron chi connectivity index (χ2n) is 9.11. The Hall–Kier alpha value is -1.02. The van der Waals surface area contributed by atoms with Crippen molar-refractivity contribution >= 4 is 0 Å². The van der Waals surface area contributed by atoms with Crippen LogP contribution in [0, 0.1) is 17.3 Å². The summed E-state index contributed by atoms with van der Waals surface area (Å²) in [7, 11) is 0. The Morgan fingerprint density at radius 3 is 2.69 bits per heavy atom. The van der Waals surface area contributed by atoms with Crippen LogP contribution in [-0.4, -0.2) is 19.3 Å². The summed E-state index contributed by atoms with van der Waals surface area (Å²) in [6.07, 6.45) is 10.6. The molecule has 0 N–H and O–H groups in total. The quantitative estimate of drug-likeness (QED) is 0.610. The molecule has 26 heavy (non-hydrogen) atoms. The molecule has 1 aromatic carbocycles. The van der Waals surface area contributed by atoms with E-state index in [4.69, 9.17) is 9.47 Å². The number of ether oxygens (including phenoxy) is 2. The highest BCUT2D eigenvalue weighted by atomic mass is 16.5. The van der Waals surface area contributed by atoms with Gasteiger partial charge in [0.25, 0.3) is 0 Å². The van der Waals surface area contributed by atoms with Gasteiger partial charge in [0.2, 0.25) is 0 Å². The highest BCUT2D eigenvalue weighted by Gasteiger charge is 2.55. The molecule has 0 aliphatic heterocycles. The summed E-state index contributed by atoms with van der Waals surface area (Å²) in [6, 6.07) is 6.93. The van der Waals surface area contributed by atoms with Gasteiger partial charge in [0, 0.05) is 6.61 Å². The Morgan fingerprint density at radius 1 is 1.04 bits per heavy atom. The van der Waals surface area contributed by atoms with E-state index in [1.54, 1.807) is 11.1 Å². The smallest absolute Gasteiger partial charge is 0.119 e. The number of rotatable bonds is 6. The molecule has 144 valence electrons. The van der Waals surface area contributed by atoms with Gasteiger partial charge < -0.3 is 9.47 Å². The van der Waals surface area contributed by atoms with Crippen LogP contribution in [0.5, 0.6) is 5.75 Å². The molecule has 5 atom stereocenters. The Bertz CT molecular complexity index is 625. The van der Waals surface area contributed by atoms with Crippen molar-refractivity contribution in [1.82, 2.24) is 0 Å². The van der Waals surface area contributed by atoms with E-state index < -0.39 is 0 Å². The summed E-state index contributed by atoms with van der Waals surface area (Å²) in [4.78, 5) is 0. The van der Waals surface area contributed by atoms with Gasteiger partial charge in [0.05, 0.1) is 12.7 Å². The lowest BCUT2D eigenvalue weighted by Crippen LogP contribution is -2.44. The fourth-order valence-electron chi connectivity index (χ4n) is 6.35. The van der Waals surface area contributed by atoms with Gasteiger partial charge in [-0.2, -0.15) is 0 Å². The molecule has 2 heteroatoms. The van der Waals surface area contributed by atoms with E-state index in [-0.39, 0.29) is 0 Å². The van der Waals surface area contributed by atoms with E-state index in [1.807, 2.05) is 0 Å². The molecule has 2 fully saturated rings. The normalized spacial score (nSPS) is 35.5. The molecular weight excluding hydrogens is 320 g/mol. The van der Waals surface area contributed by atoms with Gasteiger partial charge in [-0.1, -0.05) is 26.8 Å². The van der Waals surface area contributed by atoms with Crippen molar-refractivity contribution in [3.05, 3.63) is 29.3 Å². The molecule has 0 heterocycles. The molecule has 3 aliphatic rings. The highest BCUT2D eigenvalue weighted by molar-refractivity contribution is 5.40. The highest BCUT2D eigenvalue weighted by Crippen LogP contribution is 2.61. The van der Waals surface area contributed by atoms with Crippen LogP contribution >= 0.6 is 0 Å². The number of hydrogen-bond acceptors (Lipinski definition) is 2. The molecule has 4 rings (SSSR count). The summed E-state index contributed by atoms with van der Waals surface area (Å²) >= 11 is 0. The van der Waals surface area contributed by atoms with E-state index in [0.29, 0.717) is 11.5 Å². The predicted molar refractivity (Wildman–Crippen MR) is 107 cm³/mol. The van der Waals surface area contributed by atoms with Gasteiger partial charge in [-0.25, -0.2) is 0 Å². The Morgan fingerprint density at radius 2 is 1.88 bits per heavy atom. The molecule has 0 unspecified atom stereocenters. The number of hydrogen-bond donors (Lipinski definition) is 0. The third kappa shape index (κ3) is 3.09. The first-order chi connectivity index (χ1) is 12.7. The molecule has 3 aliphatic carbocycles. The molecule has 0 spiro atoms. The maximum Gasteiger partial charge on any atom is 0.119 e. The van der Waals surface area contributed by atoms with Crippen LogP contribution in [0.4, 0.5) is 0 Å². The molecule has 0 saturated heterocycles. The molecule has 0 radical (unpaired) electrons. The maximum absolute atomic E-state index is 6.31. The van der Waals surface area contributed by atoms with Crippen molar-refractivity contribution in [2.45, 2.75) is 84.2 Å². The van der Waals surface area contributed by atoms with Crippen molar-refractivity contribution in [1.29, 1.82) is 0 Å². The first-order valence-corrected chi connectivity index (χ1v) is 11.0. The van der Waals surface area contributed by atoms with E-state index in [9.17, 15) is 0 Å². The number of aryl methyl sites for hydroxylation is 1. The molecule has 2 nitrogen and oxygen atoms in total. The van der Waals surface area contributed by atoms with E-state index in [0.717, 1.165) is 49.6 Å². The van der Waals surface area contributed by atoms with Gasteiger partial charge in [-0.05, 0) is 97.8 Å². The summed E-state index contributed by atoms with van der Waals surface area (Å²) in [5.41, 5.74) is 3.60. The van der Waals surface area contributed by atoms with Crippen LogP contribution in [0.2, 0.25) is 0 Å². The van der Waals surface area contributed by atoms with E-state index in [1.165, 1.54) is 38.5 Å². The Labute approximate surface area is 159 Å². The van der Waals surface area contributed by atoms with Crippen LogP contribution < -0.4 is 4.74 Å². The van der Waals surface area contributed by atoms with Crippen molar-refractivity contribution in [2.24, 2.45) is 17.3 Å². The summed E-state index contributed by atoms with van der Waals surface area (Å²) in [6.45, 7) is 8.69. The minimum atomic E-state index is 0.415. The molecule has 1 aromatic rings. The monoisotopic (exact) mass is 356 g/mol. The summed E-state index contributed by atoms with van der Waals surface area (Å²) in [5.74, 6) is 3.55. The van der Waals surface area contributed by atoms with Gasteiger partial charge >= 0.3 is 0 Å². The van der Waals surface area contributed by atoms with E-state index >= 15 is 0 Å². The van der Waals surface area contributed by atoms with Crippen molar-refractivity contribution in [3.8, 4) is 5.75 Å². The SMILES string of the molecule is CCCOc1ccc2c(c1)CC[C@@H]1[C@@H]2CC[C@]2(C)[C@@H](OCCC)CC[C@@H]12. The summed E-state index contributed by atoms with van der Waals surface area (Å²) in [5, 5.41) is 0. The van der Waals surface area contributed by atoms with Crippen molar-refractivity contribution in [2.75, 3.05) is 13.2 Å². The number of benzene rings is 1. The van der Waals surface area contributed by atoms with Crippen molar-refractivity contribution in [3.63, 3.8) is 0 Å². The van der Waals surface area contributed by atoms with Crippen LogP contribution in [-0.2, 0) is 11.2 Å². The zero-order valence-corrected chi connectivity index (χ0v) is 16.9. The average Bonchev–Trinajstić information content (AvgIpc) is 3.00. The standard InChI is InChI=1S/C24H36O2/c1-4-14-25-18-7-9-19-17(16-18)6-8-21-20(19)12-13-24(3)22(21)10-11-23(24)26-15-5-2/h7,9,16,20-23H,4-6,8,10-15H2,1-3H3/t20-,21-,22+,23+,24+/m1/s1.